The molecule has 2 unspecified atom stereocenters. The standard InChI is InChI=1S/C29H32N6O2/c1-20-19-34(17-16-31-20)28(37)29(14-12-24(13-15-29)23-6-4-3-5-7-23)18-22-8-10-25(11-9-22)35-21(2)32-27(33-35)26(30)36/h3-14,20,31H,15-19H2,1-2H3,(H2,30,36). The summed E-state index contributed by atoms with van der Waals surface area (Å²) in [4.78, 5) is 31.6. The van der Waals surface area contributed by atoms with Gasteiger partial charge in [0.1, 0.15) is 5.82 Å². The molecule has 3 N–H and O–H groups in total. The first-order chi connectivity index (χ1) is 17.8. The van der Waals surface area contributed by atoms with Crippen LogP contribution in [0.15, 0.2) is 72.8 Å². The quantitative estimate of drug-likeness (QED) is 0.546. The minimum Gasteiger partial charge on any atom is -0.363 e. The first-order valence-electron chi connectivity index (χ1n) is 12.6. The van der Waals surface area contributed by atoms with Crippen LogP contribution < -0.4 is 11.1 Å². The molecule has 0 radical (unpaired) electrons. The lowest BCUT2D eigenvalue weighted by Crippen LogP contribution is -2.55. The predicted octanol–water partition coefficient (Wildman–Crippen LogP) is 3.07. The Morgan fingerprint density at radius 3 is 2.51 bits per heavy atom. The average Bonchev–Trinajstić information content (AvgIpc) is 3.31. The van der Waals surface area contributed by atoms with Gasteiger partial charge in [0.15, 0.2) is 0 Å². The molecule has 0 spiro atoms. The maximum Gasteiger partial charge on any atom is 0.288 e. The average molecular weight is 497 g/mol. The van der Waals surface area contributed by atoms with E-state index in [1.54, 1.807) is 11.6 Å². The fourth-order valence-electron chi connectivity index (χ4n) is 5.18. The lowest BCUT2D eigenvalue weighted by Gasteiger charge is -2.40. The highest BCUT2D eigenvalue weighted by Gasteiger charge is 2.40. The summed E-state index contributed by atoms with van der Waals surface area (Å²) in [7, 11) is 0. The fraction of sp³-hybridized carbons (Fsp3) is 0.310. The number of nitrogens with one attached hydrogen (secondary N) is 1. The van der Waals surface area contributed by atoms with Crippen LogP contribution >= 0.6 is 0 Å². The van der Waals surface area contributed by atoms with Gasteiger partial charge in [-0.3, -0.25) is 9.59 Å². The Labute approximate surface area is 216 Å². The summed E-state index contributed by atoms with van der Waals surface area (Å²) in [6.07, 6.45) is 7.62. The molecule has 1 fully saturated rings. The van der Waals surface area contributed by atoms with Crippen LogP contribution in [0.1, 0.15) is 40.9 Å². The van der Waals surface area contributed by atoms with Crippen LogP contribution in [0.2, 0.25) is 0 Å². The number of carbonyl (C=O) groups excluding carboxylic acids is 2. The Hall–Kier alpha value is -4.04. The molecule has 3 aromatic rings. The van der Waals surface area contributed by atoms with E-state index in [1.807, 2.05) is 47.4 Å². The van der Waals surface area contributed by atoms with Crippen LogP contribution in [0.3, 0.4) is 0 Å². The number of nitrogens with two attached hydrogens (primary N) is 1. The monoisotopic (exact) mass is 496 g/mol. The van der Waals surface area contributed by atoms with Gasteiger partial charge >= 0.3 is 0 Å². The van der Waals surface area contributed by atoms with Crippen molar-refractivity contribution in [1.82, 2.24) is 25.0 Å². The number of amides is 2. The van der Waals surface area contributed by atoms with Crippen molar-refractivity contribution < 1.29 is 9.59 Å². The number of primary amides is 1. The largest absolute Gasteiger partial charge is 0.363 e. The van der Waals surface area contributed by atoms with Crippen LogP contribution in [0.25, 0.3) is 11.3 Å². The van der Waals surface area contributed by atoms with Gasteiger partial charge in [-0.15, -0.1) is 5.10 Å². The van der Waals surface area contributed by atoms with Crippen molar-refractivity contribution in [2.45, 2.75) is 32.7 Å². The zero-order valence-electron chi connectivity index (χ0n) is 21.2. The zero-order valence-corrected chi connectivity index (χ0v) is 21.2. The SMILES string of the molecule is Cc1nc(C(N)=O)nn1-c1ccc(CC2(C(=O)N3CCNC(C)C3)C=CC(c3ccccc3)=CC2)cc1. The molecule has 8 heteroatoms. The third-order valence-electron chi connectivity index (χ3n) is 7.15. The molecule has 2 aromatic carbocycles. The van der Waals surface area contributed by atoms with Gasteiger partial charge in [-0.2, -0.15) is 0 Å². The van der Waals surface area contributed by atoms with Gasteiger partial charge in [0.2, 0.25) is 11.7 Å². The van der Waals surface area contributed by atoms with Gasteiger partial charge < -0.3 is 16.0 Å². The second kappa shape index (κ2) is 10.1. The van der Waals surface area contributed by atoms with Crippen LogP contribution in [0, 0.1) is 12.3 Å². The van der Waals surface area contributed by atoms with Crippen molar-refractivity contribution in [3.63, 3.8) is 0 Å². The second-order valence-corrected chi connectivity index (χ2v) is 9.93. The highest BCUT2D eigenvalue weighted by Crippen LogP contribution is 2.38. The van der Waals surface area contributed by atoms with Crippen LogP contribution in [-0.4, -0.2) is 57.2 Å². The van der Waals surface area contributed by atoms with E-state index >= 15 is 0 Å². The Bertz CT molecular complexity index is 1360. The highest BCUT2D eigenvalue weighted by atomic mass is 16.2. The van der Waals surface area contributed by atoms with Gasteiger partial charge in [0.05, 0.1) is 11.1 Å². The number of benzene rings is 2. The van der Waals surface area contributed by atoms with Crippen molar-refractivity contribution in [3.8, 4) is 5.69 Å². The molecule has 2 heterocycles. The first kappa shape index (κ1) is 24.6. The first-order valence-corrected chi connectivity index (χ1v) is 12.6. The van der Waals surface area contributed by atoms with Gasteiger partial charge in [0, 0.05) is 25.7 Å². The van der Waals surface area contributed by atoms with Gasteiger partial charge in [-0.1, -0.05) is 60.7 Å². The minimum atomic E-state index is -0.659. The highest BCUT2D eigenvalue weighted by molar-refractivity contribution is 5.89. The van der Waals surface area contributed by atoms with Gasteiger partial charge in [0.25, 0.3) is 5.91 Å². The normalized spacial score (nSPS) is 21.5. The zero-order chi connectivity index (χ0) is 26.0. The lowest BCUT2D eigenvalue weighted by molar-refractivity contribution is -0.140. The number of allylic oxidation sites excluding steroid dienone is 3. The molecule has 1 saturated heterocycles. The van der Waals surface area contributed by atoms with E-state index in [0.29, 0.717) is 31.8 Å². The third-order valence-corrected chi connectivity index (χ3v) is 7.15. The summed E-state index contributed by atoms with van der Waals surface area (Å²) in [6, 6.07) is 18.4. The van der Waals surface area contributed by atoms with E-state index in [2.05, 4.69) is 52.7 Å². The maximum absolute atomic E-state index is 14.0. The smallest absolute Gasteiger partial charge is 0.288 e. The number of hydrogen-bond acceptors (Lipinski definition) is 5. The third kappa shape index (κ3) is 5.11. The summed E-state index contributed by atoms with van der Waals surface area (Å²) < 4.78 is 1.60. The number of aryl methyl sites for hydroxylation is 1. The molecule has 1 aliphatic heterocycles. The van der Waals surface area contributed by atoms with E-state index < -0.39 is 11.3 Å². The van der Waals surface area contributed by atoms with E-state index in [4.69, 9.17) is 5.73 Å². The Balaban J connectivity index is 1.42. The second-order valence-electron chi connectivity index (χ2n) is 9.93. The van der Waals surface area contributed by atoms with Gasteiger partial charge in [-0.05, 0) is 55.5 Å². The summed E-state index contributed by atoms with van der Waals surface area (Å²) in [5.74, 6) is 0.0791. The summed E-state index contributed by atoms with van der Waals surface area (Å²) in [6.45, 7) is 6.11. The molecule has 0 bridgehead atoms. The Morgan fingerprint density at radius 1 is 1.14 bits per heavy atom. The topological polar surface area (TPSA) is 106 Å². The van der Waals surface area contributed by atoms with E-state index in [-0.39, 0.29) is 17.8 Å². The van der Waals surface area contributed by atoms with Crippen LogP contribution in [0.5, 0.6) is 0 Å². The molecular formula is C29H32N6O2. The molecule has 2 aliphatic rings. The minimum absolute atomic E-state index is 0.00951. The molecular weight excluding hydrogens is 464 g/mol. The molecule has 1 aromatic heterocycles. The molecule has 190 valence electrons. The summed E-state index contributed by atoms with van der Waals surface area (Å²) >= 11 is 0. The van der Waals surface area contributed by atoms with E-state index in [1.165, 1.54) is 0 Å². The molecule has 2 atom stereocenters. The van der Waals surface area contributed by atoms with Crippen molar-refractivity contribution in [2.75, 3.05) is 19.6 Å². The number of aromatic nitrogens is 3. The predicted molar refractivity (Wildman–Crippen MR) is 143 cm³/mol. The van der Waals surface area contributed by atoms with Crippen molar-refractivity contribution in [2.24, 2.45) is 11.1 Å². The Morgan fingerprint density at radius 2 is 1.89 bits per heavy atom. The summed E-state index contributed by atoms with van der Waals surface area (Å²) in [5.41, 5.74) is 8.80. The number of rotatable bonds is 6. The lowest BCUT2D eigenvalue weighted by atomic mass is 9.73. The number of nitrogens with zero attached hydrogens (tertiary/aromatic N) is 4. The van der Waals surface area contributed by atoms with Gasteiger partial charge in [-0.25, -0.2) is 9.67 Å². The number of carbonyl (C=O) groups is 2. The van der Waals surface area contributed by atoms with E-state index in [0.717, 1.165) is 28.9 Å². The van der Waals surface area contributed by atoms with E-state index in [9.17, 15) is 9.59 Å². The van der Waals surface area contributed by atoms with Crippen LogP contribution in [0.4, 0.5) is 0 Å². The molecule has 0 saturated carbocycles. The maximum atomic E-state index is 14.0. The summed E-state index contributed by atoms with van der Waals surface area (Å²) in [5, 5.41) is 7.65. The van der Waals surface area contributed by atoms with Crippen LogP contribution in [-0.2, 0) is 11.2 Å². The fourth-order valence-corrected chi connectivity index (χ4v) is 5.18. The Kier molecular flexibility index (Phi) is 6.76. The van der Waals surface area contributed by atoms with Crippen molar-refractivity contribution in [3.05, 3.63) is 95.6 Å². The molecule has 5 rings (SSSR count). The molecule has 2 amide bonds. The number of hydrogen-bond donors (Lipinski definition) is 2. The molecule has 37 heavy (non-hydrogen) atoms. The molecule has 8 nitrogen and oxygen atoms in total. The number of piperazine rings is 1. The molecule has 1 aliphatic carbocycles. The van der Waals surface area contributed by atoms with Crippen molar-refractivity contribution >= 4 is 17.4 Å². The van der Waals surface area contributed by atoms with Crippen molar-refractivity contribution in [1.29, 1.82) is 0 Å².